The molecule has 0 fully saturated rings. The van der Waals surface area contributed by atoms with Crippen LogP contribution in [0, 0.1) is 23.3 Å². The number of thioether (sulfide) groups is 1. The summed E-state index contributed by atoms with van der Waals surface area (Å²) in [4.78, 5) is 12.2. The molecule has 14 heteroatoms. The summed E-state index contributed by atoms with van der Waals surface area (Å²) in [5, 5.41) is 14.9. The molecule has 1 atom stereocenters. The average molecular weight is 433 g/mol. The number of hydrogen-bond donors (Lipinski definition) is 1. The number of amides is 1. The van der Waals surface area contributed by atoms with Crippen LogP contribution in [-0.2, 0) is 18.0 Å². The normalized spacial score (nSPS) is 12.9. The largest absolute Gasteiger partial charge is 0.538 e. The molecule has 0 aliphatic rings. The average Bonchev–Trinajstić information content (AvgIpc) is 2.91. The number of rotatable bonds is 5. The first kappa shape index (κ1) is 21.8. The first-order chi connectivity index (χ1) is 12.9. The molecule has 28 heavy (non-hydrogen) atoms. The maximum atomic E-state index is 13.9. The van der Waals surface area contributed by atoms with E-state index in [4.69, 9.17) is 0 Å². The first-order valence-electron chi connectivity index (χ1n) is 7.33. The number of carbonyl (C=O) groups is 1. The Labute approximate surface area is 156 Å². The molecule has 1 N–H and O–H groups in total. The molecular weight excluding hydrogens is 423 g/mol. The van der Waals surface area contributed by atoms with Gasteiger partial charge in [-0.3, -0.25) is 4.79 Å². The fourth-order valence-electron chi connectivity index (χ4n) is 2.08. The number of benzene rings is 1. The Morgan fingerprint density at radius 2 is 1.75 bits per heavy atom. The van der Waals surface area contributed by atoms with Gasteiger partial charge in [0.2, 0.25) is 5.91 Å². The van der Waals surface area contributed by atoms with E-state index in [9.17, 15) is 40.6 Å². The second kappa shape index (κ2) is 7.85. The van der Waals surface area contributed by atoms with Crippen molar-refractivity contribution in [1.82, 2.24) is 5.27 Å². The molecule has 0 aliphatic carbocycles. The zero-order chi connectivity index (χ0) is 21.4. The lowest BCUT2D eigenvalue weighted by molar-refractivity contribution is -0.772. The summed E-state index contributed by atoms with van der Waals surface area (Å²) in [7, 11) is 1.30. The first-order valence-corrected chi connectivity index (χ1v) is 8.21. The quantitative estimate of drug-likeness (QED) is 0.339. The van der Waals surface area contributed by atoms with Crippen molar-refractivity contribution in [3.8, 4) is 5.95 Å². The van der Waals surface area contributed by atoms with Crippen LogP contribution in [0.5, 0.6) is 5.95 Å². The lowest BCUT2D eigenvalue weighted by Gasteiger charge is -2.17. The second-order valence-electron chi connectivity index (χ2n) is 5.30. The SMILES string of the molecule is CCC(Sc1c([O-])on[n+]1C)C(=O)Nc1c(F)c(F)c(C(F)(F)F)c(F)c1F. The molecule has 0 spiro atoms. The number of nitrogens with zero attached hydrogens (tertiary/aromatic N) is 2. The Morgan fingerprint density at radius 3 is 2.14 bits per heavy atom. The van der Waals surface area contributed by atoms with Gasteiger partial charge in [-0.1, -0.05) is 11.6 Å². The van der Waals surface area contributed by atoms with Crippen LogP contribution >= 0.6 is 11.8 Å². The van der Waals surface area contributed by atoms with Crippen molar-refractivity contribution < 1.29 is 49.8 Å². The Bertz CT molecular complexity index is 868. The van der Waals surface area contributed by atoms with E-state index in [0.717, 1.165) is 4.68 Å². The fourth-order valence-corrected chi connectivity index (χ4v) is 3.00. The molecule has 6 nitrogen and oxygen atoms in total. The lowest BCUT2D eigenvalue weighted by atomic mass is 10.1. The van der Waals surface area contributed by atoms with E-state index < -0.39 is 57.8 Å². The number of aromatic nitrogens is 2. The minimum atomic E-state index is -5.70. The van der Waals surface area contributed by atoms with Crippen LogP contribution in [0.15, 0.2) is 9.55 Å². The summed E-state index contributed by atoms with van der Waals surface area (Å²) >= 11 is 0.573. The summed E-state index contributed by atoms with van der Waals surface area (Å²) in [5.74, 6) is -12.4. The number of alkyl halides is 3. The van der Waals surface area contributed by atoms with Crippen molar-refractivity contribution in [2.24, 2.45) is 7.05 Å². The van der Waals surface area contributed by atoms with Crippen LogP contribution in [0.2, 0.25) is 0 Å². The molecule has 2 aromatic rings. The highest BCUT2D eigenvalue weighted by atomic mass is 32.2. The molecule has 1 amide bonds. The minimum Gasteiger partial charge on any atom is -0.538 e. The van der Waals surface area contributed by atoms with Crippen molar-refractivity contribution >= 4 is 23.4 Å². The Morgan fingerprint density at radius 1 is 1.21 bits per heavy atom. The Balaban J connectivity index is 2.37. The highest BCUT2D eigenvalue weighted by Gasteiger charge is 2.42. The van der Waals surface area contributed by atoms with Crippen molar-refractivity contribution in [2.45, 2.75) is 29.8 Å². The summed E-state index contributed by atoms with van der Waals surface area (Å²) in [6.45, 7) is 1.44. The standard InChI is InChI=1S/C14H10F7N3O3S/c1-3-4(28-12-13(26)27-23-24(12)2)11(25)22-10-8(17)6(15)5(14(19,20)21)7(16)9(10)18/h4H,3H2,1-2H3,(H-,22,23,25,26). The zero-order valence-electron chi connectivity index (χ0n) is 14.0. The van der Waals surface area contributed by atoms with E-state index >= 15 is 0 Å². The predicted octanol–water partition coefficient (Wildman–Crippen LogP) is 2.66. The number of nitrogens with one attached hydrogen (secondary N) is 1. The summed E-state index contributed by atoms with van der Waals surface area (Å²) in [5.41, 5.74) is -4.47. The van der Waals surface area contributed by atoms with Crippen LogP contribution in [-0.4, -0.2) is 16.4 Å². The third-order valence-electron chi connectivity index (χ3n) is 3.43. The van der Waals surface area contributed by atoms with E-state index in [1.807, 2.05) is 0 Å². The van der Waals surface area contributed by atoms with Crippen LogP contribution in [0.3, 0.4) is 0 Å². The van der Waals surface area contributed by atoms with Gasteiger partial charge in [0.15, 0.2) is 36.3 Å². The van der Waals surface area contributed by atoms with Crippen molar-refractivity contribution in [3.05, 3.63) is 28.8 Å². The van der Waals surface area contributed by atoms with Crippen LogP contribution in [0.1, 0.15) is 18.9 Å². The molecule has 0 aliphatic heterocycles. The van der Waals surface area contributed by atoms with Crippen LogP contribution < -0.4 is 15.1 Å². The zero-order valence-corrected chi connectivity index (χ0v) is 14.8. The maximum Gasteiger partial charge on any atom is 0.422 e. The maximum absolute atomic E-state index is 13.9. The Kier molecular flexibility index (Phi) is 6.11. The van der Waals surface area contributed by atoms with Gasteiger partial charge >= 0.3 is 6.18 Å². The highest BCUT2D eigenvalue weighted by molar-refractivity contribution is 8.00. The van der Waals surface area contributed by atoms with Crippen molar-refractivity contribution in [3.63, 3.8) is 0 Å². The van der Waals surface area contributed by atoms with Crippen molar-refractivity contribution in [2.75, 3.05) is 5.32 Å². The van der Waals surface area contributed by atoms with E-state index in [1.54, 1.807) is 0 Å². The molecule has 1 heterocycles. The van der Waals surface area contributed by atoms with Crippen molar-refractivity contribution in [1.29, 1.82) is 0 Å². The van der Waals surface area contributed by atoms with Gasteiger partial charge in [-0.2, -0.15) is 13.2 Å². The molecule has 2 rings (SSSR count). The molecule has 1 aromatic carbocycles. The number of halogens is 7. The third kappa shape index (κ3) is 4.00. The predicted molar refractivity (Wildman–Crippen MR) is 77.0 cm³/mol. The topological polar surface area (TPSA) is 82.1 Å². The molecule has 0 saturated heterocycles. The third-order valence-corrected chi connectivity index (χ3v) is 4.91. The van der Waals surface area contributed by atoms with E-state index in [-0.39, 0.29) is 11.4 Å². The molecule has 0 saturated carbocycles. The molecule has 0 radical (unpaired) electrons. The monoisotopic (exact) mass is 433 g/mol. The van der Waals surface area contributed by atoms with Gasteiger partial charge in [0.1, 0.15) is 11.3 Å². The summed E-state index contributed by atoms with van der Waals surface area (Å²) < 4.78 is 98.1. The summed E-state index contributed by atoms with van der Waals surface area (Å²) in [6, 6.07) is 0. The lowest BCUT2D eigenvalue weighted by Crippen LogP contribution is -2.34. The van der Waals surface area contributed by atoms with Gasteiger partial charge in [0.25, 0.3) is 5.03 Å². The molecule has 1 aromatic heterocycles. The summed E-state index contributed by atoms with van der Waals surface area (Å²) in [6.07, 6.45) is -5.73. The number of hydrogen-bond acceptors (Lipinski definition) is 5. The van der Waals surface area contributed by atoms with Gasteiger partial charge in [0, 0.05) is 0 Å². The molecular formula is C14H10F7N3O3S. The second-order valence-corrected chi connectivity index (χ2v) is 6.49. The van der Waals surface area contributed by atoms with Crippen LogP contribution in [0.4, 0.5) is 36.4 Å². The Hall–Kier alpha value is -2.51. The van der Waals surface area contributed by atoms with Crippen LogP contribution in [0.25, 0.3) is 0 Å². The van der Waals surface area contributed by atoms with Gasteiger partial charge in [-0.05, 0) is 18.2 Å². The highest BCUT2D eigenvalue weighted by Crippen LogP contribution is 2.39. The number of carbonyl (C=O) groups excluding carboxylic acids is 1. The van der Waals surface area contributed by atoms with Gasteiger partial charge in [-0.15, -0.1) is 0 Å². The fraction of sp³-hybridized carbons (Fsp3) is 0.357. The van der Waals surface area contributed by atoms with E-state index in [1.165, 1.54) is 19.3 Å². The van der Waals surface area contributed by atoms with E-state index in [2.05, 4.69) is 9.79 Å². The molecule has 1 unspecified atom stereocenters. The smallest absolute Gasteiger partial charge is 0.422 e. The number of anilines is 1. The van der Waals surface area contributed by atoms with E-state index in [0.29, 0.717) is 11.8 Å². The van der Waals surface area contributed by atoms with Gasteiger partial charge in [-0.25, -0.2) is 17.6 Å². The minimum absolute atomic E-state index is 0.0318. The number of aryl methyl sites for hydroxylation is 1. The molecule has 0 bridgehead atoms. The van der Waals surface area contributed by atoms with Gasteiger partial charge in [0.05, 0.1) is 10.5 Å². The molecule has 154 valence electrons. The van der Waals surface area contributed by atoms with Gasteiger partial charge < -0.3 is 14.9 Å².